The van der Waals surface area contributed by atoms with Crippen molar-refractivity contribution in [1.29, 1.82) is 0 Å². The molecule has 0 aliphatic carbocycles. The fraction of sp³-hybridized carbons (Fsp3) is 0.375. The minimum Gasteiger partial charge on any atom is -0.383 e. The molecule has 4 rings (SSSR count). The average molecular weight is 452 g/mol. The van der Waals surface area contributed by atoms with E-state index in [0.29, 0.717) is 18.3 Å². The molecule has 8 heteroatoms. The zero-order valence-electron chi connectivity index (χ0n) is 18.6. The highest BCUT2D eigenvalue weighted by atomic mass is 32.2. The third-order valence-corrected chi connectivity index (χ3v) is 6.44. The van der Waals surface area contributed by atoms with Gasteiger partial charge in [0, 0.05) is 25.8 Å². The summed E-state index contributed by atoms with van der Waals surface area (Å²) in [6, 6.07) is 16.2. The normalized spacial score (nSPS) is 13.5. The Morgan fingerprint density at radius 2 is 1.94 bits per heavy atom. The van der Waals surface area contributed by atoms with Crippen LogP contribution in [-0.2, 0) is 16.1 Å². The van der Waals surface area contributed by atoms with E-state index in [9.17, 15) is 4.79 Å². The molecule has 1 aromatic heterocycles. The number of carbonyl (C=O) groups is 1. The second-order valence-electron chi connectivity index (χ2n) is 7.87. The summed E-state index contributed by atoms with van der Waals surface area (Å²) in [5, 5.41) is 12.6. The lowest BCUT2D eigenvalue weighted by Crippen LogP contribution is -2.21. The minimum atomic E-state index is -0.0555. The van der Waals surface area contributed by atoms with E-state index in [2.05, 4.69) is 45.5 Å². The molecule has 2 heterocycles. The van der Waals surface area contributed by atoms with Gasteiger partial charge in [-0.3, -0.25) is 9.36 Å². The smallest absolute Gasteiger partial charge is 0.234 e. The maximum absolute atomic E-state index is 12.8. The van der Waals surface area contributed by atoms with E-state index in [4.69, 9.17) is 4.74 Å². The number of thioether (sulfide) groups is 1. The third-order valence-electron chi connectivity index (χ3n) is 5.47. The highest BCUT2D eigenvalue weighted by Gasteiger charge is 2.18. The molecule has 1 saturated heterocycles. The Balaban J connectivity index is 1.46. The van der Waals surface area contributed by atoms with Crippen molar-refractivity contribution in [2.75, 3.05) is 42.8 Å². The molecule has 1 amide bonds. The molecule has 168 valence electrons. The van der Waals surface area contributed by atoms with Crippen LogP contribution < -0.4 is 10.2 Å². The lowest BCUT2D eigenvalue weighted by atomic mass is 10.1. The number of ether oxygens (including phenoxy) is 1. The van der Waals surface area contributed by atoms with Gasteiger partial charge in [-0.25, -0.2) is 0 Å². The Morgan fingerprint density at radius 3 is 2.72 bits per heavy atom. The van der Waals surface area contributed by atoms with Crippen molar-refractivity contribution < 1.29 is 9.53 Å². The Hall–Kier alpha value is -2.84. The molecule has 0 unspecified atom stereocenters. The summed E-state index contributed by atoms with van der Waals surface area (Å²) in [5.74, 6) is 0.987. The number of aromatic nitrogens is 3. The van der Waals surface area contributed by atoms with Gasteiger partial charge in [0.2, 0.25) is 5.91 Å². The van der Waals surface area contributed by atoms with Gasteiger partial charge in [0.05, 0.1) is 30.3 Å². The Morgan fingerprint density at radius 1 is 1.12 bits per heavy atom. The Bertz CT molecular complexity index is 1060. The minimum absolute atomic E-state index is 0.0555. The van der Waals surface area contributed by atoms with Crippen LogP contribution in [0.4, 0.5) is 11.4 Å². The van der Waals surface area contributed by atoms with Gasteiger partial charge >= 0.3 is 0 Å². The van der Waals surface area contributed by atoms with Gasteiger partial charge in [-0.1, -0.05) is 47.7 Å². The van der Waals surface area contributed by atoms with Crippen LogP contribution >= 0.6 is 11.8 Å². The van der Waals surface area contributed by atoms with Gasteiger partial charge in [0.25, 0.3) is 0 Å². The number of hydrogen-bond donors (Lipinski definition) is 1. The summed E-state index contributed by atoms with van der Waals surface area (Å²) >= 11 is 1.39. The number of amides is 1. The summed E-state index contributed by atoms with van der Waals surface area (Å²) < 4.78 is 7.30. The largest absolute Gasteiger partial charge is 0.383 e. The molecule has 1 N–H and O–H groups in total. The summed E-state index contributed by atoms with van der Waals surface area (Å²) in [7, 11) is 1.68. The predicted molar refractivity (Wildman–Crippen MR) is 129 cm³/mol. The number of methoxy groups -OCH3 is 1. The van der Waals surface area contributed by atoms with Crippen molar-refractivity contribution in [3.8, 4) is 11.4 Å². The fourth-order valence-corrected chi connectivity index (χ4v) is 4.67. The zero-order valence-corrected chi connectivity index (χ0v) is 19.4. The summed E-state index contributed by atoms with van der Waals surface area (Å²) in [5.41, 5.74) is 4.12. The summed E-state index contributed by atoms with van der Waals surface area (Å²) in [4.78, 5) is 15.1. The van der Waals surface area contributed by atoms with Crippen LogP contribution in [0.1, 0.15) is 18.4 Å². The topological polar surface area (TPSA) is 72.3 Å². The lowest BCUT2D eigenvalue weighted by Gasteiger charge is -2.21. The van der Waals surface area contributed by atoms with E-state index in [0.717, 1.165) is 41.4 Å². The third kappa shape index (κ3) is 5.31. The molecule has 2 aromatic carbocycles. The van der Waals surface area contributed by atoms with E-state index in [1.54, 1.807) is 7.11 Å². The SMILES string of the molecule is COCCn1c(SCC(=O)Nc2ccccc2N2CCCC2)nnc1-c1cccc(C)c1. The molecular formula is C24H29N5O2S. The van der Waals surface area contributed by atoms with Crippen LogP contribution in [0.15, 0.2) is 53.7 Å². The van der Waals surface area contributed by atoms with Gasteiger partial charge in [0.1, 0.15) is 0 Å². The van der Waals surface area contributed by atoms with E-state index >= 15 is 0 Å². The first-order valence-corrected chi connectivity index (χ1v) is 11.9. The first kappa shape index (κ1) is 22.4. The van der Waals surface area contributed by atoms with Crippen LogP contribution in [0.3, 0.4) is 0 Å². The molecular weight excluding hydrogens is 422 g/mol. The maximum Gasteiger partial charge on any atom is 0.234 e. The van der Waals surface area contributed by atoms with E-state index < -0.39 is 0 Å². The van der Waals surface area contributed by atoms with Crippen LogP contribution in [0.5, 0.6) is 0 Å². The van der Waals surface area contributed by atoms with E-state index in [-0.39, 0.29) is 11.7 Å². The van der Waals surface area contributed by atoms with Gasteiger partial charge in [-0.15, -0.1) is 10.2 Å². The number of anilines is 2. The molecule has 0 bridgehead atoms. The second-order valence-corrected chi connectivity index (χ2v) is 8.81. The molecule has 3 aromatic rings. The number of hydrogen-bond acceptors (Lipinski definition) is 6. The molecule has 0 spiro atoms. The van der Waals surface area contributed by atoms with Crippen LogP contribution in [-0.4, -0.2) is 53.2 Å². The van der Waals surface area contributed by atoms with Gasteiger partial charge < -0.3 is 15.0 Å². The first-order chi connectivity index (χ1) is 15.7. The molecule has 32 heavy (non-hydrogen) atoms. The van der Waals surface area contributed by atoms with Gasteiger partial charge in [-0.2, -0.15) is 0 Å². The van der Waals surface area contributed by atoms with Crippen molar-refractivity contribution >= 4 is 29.0 Å². The van der Waals surface area contributed by atoms with Crippen LogP contribution in [0.25, 0.3) is 11.4 Å². The van der Waals surface area contributed by atoms with E-state index in [1.807, 2.05) is 34.9 Å². The molecule has 1 aliphatic rings. The van der Waals surface area contributed by atoms with Crippen molar-refractivity contribution in [3.05, 3.63) is 54.1 Å². The van der Waals surface area contributed by atoms with E-state index in [1.165, 1.54) is 24.6 Å². The monoisotopic (exact) mass is 451 g/mol. The fourth-order valence-electron chi connectivity index (χ4n) is 3.91. The Labute approximate surface area is 193 Å². The summed E-state index contributed by atoms with van der Waals surface area (Å²) in [6.45, 7) is 5.28. The number of rotatable bonds is 9. The number of para-hydroxylation sites is 2. The first-order valence-electron chi connectivity index (χ1n) is 10.9. The predicted octanol–water partition coefficient (Wildman–Crippen LogP) is 4.23. The van der Waals surface area contributed by atoms with Crippen LogP contribution in [0, 0.1) is 6.92 Å². The maximum atomic E-state index is 12.8. The van der Waals surface area contributed by atoms with Crippen molar-refractivity contribution in [2.24, 2.45) is 0 Å². The zero-order chi connectivity index (χ0) is 22.3. The number of nitrogens with zero attached hydrogens (tertiary/aromatic N) is 4. The van der Waals surface area contributed by atoms with Gasteiger partial charge in [-0.05, 0) is 38.0 Å². The number of carbonyl (C=O) groups excluding carboxylic acids is 1. The van der Waals surface area contributed by atoms with Crippen molar-refractivity contribution in [3.63, 3.8) is 0 Å². The number of aryl methyl sites for hydroxylation is 1. The van der Waals surface area contributed by atoms with Crippen molar-refractivity contribution in [2.45, 2.75) is 31.5 Å². The molecule has 1 aliphatic heterocycles. The van der Waals surface area contributed by atoms with Gasteiger partial charge in [0.15, 0.2) is 11.0 Å². The molecule has 0 radical (unpaired) electrons. The molecule has 1 fully saturated rings. The molecule has 0 saturated carbocycles. The molecule has 0 atom stereocenters. The highest BCUT2D eigenvalue weighted by Crippen LogP contribution is 2.29. The number of nitrogens with one attached hydrogen (secondary N) is 1. The molecule has 7 nitrogen and oxygen atoms in total. The second kappa shape index (κ2) is 10.7. The Kier molecular flexibility index (Phi) is 7.44. The number of benzene rings is 2. The average Bonchev–Trinajstić information content (AvgIpc) is 3.47. The summed E-state index contributed by atoms with van der Waals surface area (Å²) in [6.07, 6.45) is 2.39. The van der Waals surface area contributed by atoms with Crippen LogP contribution in [0.2, 0.25) is 0 Å². The van der Waals surface area contributed by atoms with Crippen molar-refractivity contribution in [1.82, 2.24) is 14.8 Å². The lowest BCUT2D eigenvalue weighted by molar-refractivity contribution is -0.113. The highest BCUT2D eigenvalue weighted by molar-refractivity contribution is 7.99. The quantitative estimate of drug-likeness (QED) is 0.491. The standard InChI is InChI=1S/C24H29N5O2S/c1-18-8-7-9-19(16-18)23-26-27-24(29(23)14-15-31-2)32-17-22(30)25-20-10-3-4-11-21(20)28-12-5-6-13-28/h3-4,7-11,16H,5-6,12-15,17H2,1-2H3,(H,25,30).